The maximum Gasteiger partial charge on any atom is 0.442 e. The first-order chi connectivity index (χ1) is 6.83. The van der Waals surface area contributed by atoms with Crippen LogP contribution in [-0.2, 0) is 4.57 Å². The maximum atomic E-state index is 12.0. The Morgan fingerprint density at radius 1 is 1.47 bits per heavy atom. The molecule has 1 unspecified atom stereocenters. The Morgan fingerprint density at radius 3 is 2.60 bits per heavy atom. The average molecular weight is 303 g/mol. The van der Waals surface area contributed by atoms with Crippen LogP contribution >= 0.6 is 23.5 Å². The van der Waals surface area contributed by atoms with Crippen molar-refractivity contribution in [3.05, 3.63) is 22.7 Å². The molecule has 1 aromatic carbocycles. The Kier molecular flexibility index (Phi) is 3.70. The van der Waals surface area contributed by atoms with Crippen LogP contribution < -0.4 is 4.52 Å². The number of hydrogen-bond acceptors (Lipinski definition) is 3. The van der Waals surface area contributed by atoms with Gasteiger partial charge in [-0.2, -0.15) is 8.78 Å². The summed E-state index contributed by atoms with van der Waals surface area (Å²) in [6.45, 7) is 0. The van der Waals surface area contributed by atoms with Crippen molar-refractivity contribution in [2.45, 2.75) is 6.17 Å². The molecule has 0 aliphatic rings. The van der Waals surface area contributed by atoms with Gasteiger partial charge in [0.2, 0.25) is 0 Å². The van der Waals surface area contributed by atoms with E-state index in [2.05, 4.69) is 20.5 Å². The van der Waals surface area contributed by atoms with Crippen molar-refractivity contribution in [2.75, 3.05) is 0 Å². The van der Waals surface area contributed by atoms with E-state index in [4.69, 9.17) is 10.00 Å². The van der Waals surface area contributed by atoms with Gasteiger partial charge in [-0.3, -0.25) is 0 Å². The van der Waals surface area contributed by atoms with E-state index in [1.54, 1.807) is 0 Å². The van der Waals surface area contributed by atoms with Crippen LogP contribution in [0.25, 0.3) is 0 Å². The van der Waals surface area contributed by atoms with E-state index in [0.717, 1.165) is 6.07 Å². The summed E-state index contributed by atoms with van der Waals surface area (Å²) < 4.78 is 39.3. The van der Waals surface area contributed by atoms with Crippen LogP contribution in [0.1, 0.15) is 0 Å². The van der Waals surface area contributed by atoms with Crippen molar-refractivity contribution in [2.24, 2.45) is 0 Å². The lowest BCUT2D eigenvalue weighted by Gasteiger charge is -2.13. The molecule has 0 heterocycles. The topological polar surface area (TPSA) is 66.8 Å². The predicted octanol–water partition coefficient (Wildman–Crippen LogP) is 2.94. The SMILES string of the molecule is O=P(O)(Oc1cc(O)ccc1Br)C(F)F. The molecular weight excluding hydrogens is 297 g/mol. The third kappa shape index (κ3) is 3.15. The number of phenolic OH excluding ortho intramolecular Hbond substituents is 1. The van der Waals surface area contributed by atoms with Crippen LogP contribution in [0.3, 0.4) is 0 Å². The molecule has 0 aromatic heterocycles. The number of halogens is 3. The molecule has 0 amide bonds. The number of alkyl halides is 2. The zero-order valence-corrected chi connectivity index (χ0v) is 9.58. The molecule has 0 radical (unpaired) electrons. The summed E-state index contributed by atoms with van der Waals surface area (Å²) in [6, 6.07) is 3.52. The fraction of sp³-hybridized carbons (Fsp3) is 0.143. The number of benzene rings is 1. The van der Waals surface area contributed by atoms with Gasteiger partial charge >= 0.3 is 13.8 Å². The lowest BCUT2D eigenvalue weighted by atomic mass is 10.3. The van der Waals surface area contributed by atoms with Crippen molar-refractivity contribution < 1.29 is 27.9 Å². The summed E-state index contributed by atoms with van der Waals surface area (Å²) >= 11 is 2.92. The molecule has 0 bridgehead atoms. The average Bonchev–Trinajstić information content (AvgIpc) is 2.10. The molecule has 4 nitrogen and oxygen atoms in total. The summed E-state index contributed by atoms with van der Waals surface area (Å²) in [4.78, 5) is 8.74. The number of rotatable bonds is 3. The van der Waals surface area contributed by atoms with E-state index in [-0.39, 0.29) is 16.0 Å². The summed E-state index contributed by atoms with van der Waals surface area (Å²) in [5.74, 6) is -0.580. The highest BCUT2D eigenvalue weighted by Gasteiger charge is 2.34. The fourth-order valence-electron chi connectivity index (χ4n) is 0.743. The van der Waals surface area contributed by atoms with E-state index in [9.17, 15) is 13.3 Å². The van der Waals surface area contributed by atoms with Gasteiger partial charge in [-0.05, 0) is 28.1 Å². The molecule has 8 heteroatoms. The highest BCUT2D eigenvalue weighted by atomic mass is 79.9. The van der Waals surface area contributed by atoms with Crippen LogP contribution in [0.15, 0.2) is 22.7 Å². The van der Waals surface area contributed by atoms with Gasteiger partial charge in [0.05, 0.1) is 4.47 Å². The van der Waals surface area contributed by atoms with Gasteiger partial charge in [0.1, 0.15) is 11.5 Å². The van der Waals surface area contributed by atoms with Gasteiger partial charge in [-0.25, -0.2) is 4.57 Å². The smallest absolute Gasteiger partial charge is 0.442 e. The molecule has 0 saturated carbocycles. The Balaban J connectivity index is 2.99. The van der Waals surface area contributed by atoms with Crippen molar-refractivity contribution in [3.63, 3.8) is 0 Å². The molecule has 1 atom stereocenters. The van der Waals surface area contributed by atoms with Crippen molar-refractivity contribution >= 4 is 23.5 Å². The normalized spacial score (nSPS) is 15.0. The van der Waals surface area contributed by atoms with Crippen LogP contribution in [-0.4, -0.2) is 16.2 Å². The Morgan fingerprint density at radius 2 is 2.07 bits per heavy atom. The second kappa shape index (κ2) is 4.47. The lowest BCUT2D eigenvalue weighted by Crippen LogP contribution is -2.01. The molecule has 0 spiro atoms. The zero-order chi connectivity index (χ0) is 11.6. The van der Waals surface area contributed by atoms with Gasteiger partial charge in [0.15, 0.2) is 0 Å². The Labute approximate surface area is 92.2 Å². The first kappa shape index (κ1) is 12.4. The summed E-state index contributed by atoms with van der Waals surface area (Å²) in [7, 11) is -5.01. The highest BCUT2D eigenvalue weighted by molar-refractivity contribution is 9.10. The quantitative estimate of drug-likeness (QED) is 0.843. The van der Waals surface area contributed by atoms with Crippen molar-refractivity contribution in [3.8, 4) is 11.5 Å². The van der Waals surface area contributed by atoms with Gasteiger partial charge < -0.3 is 14.5 Å². The fourth-order valence-corrected chi connectivity index (χ4v) is 1.71. The van der Waals surface area contributed by atoms with Crippen molar-refractivity contribution in [1.29, 1.82) is 0 Å². The minimum atomic E-state index is -5.01. The second-order valence-corrected chi connectivity index (χ2v) is 5.10. The van der Waals surface area contributed by atoms with E-state index >= 15 is 0 Å². The third-order valence-corrected chi connectivity index (χ3v) is 3.00. The second-order valence-electron chi connectivity index (χ2n) is 2.55. The van der Waals surface area contributed by atoms with E-state index < -0.39 is 13.8 Å². The predicted molar refractivity (Wildman–Crippen MR) is 52.3 cm³/mol. The minimum Gasteiger partial charge on any atom is -0.508 e. The molecule has 0 fully saturated rings. The molecule has 0 saturated heterocycles. The Bertz CT molecular complexity index is 412. The molecule has 84 valence electrons. The minimum absolute atomic E-state index is 0.190. The number of aromatic hydroxyl groups is 1. The number of hydrogen-bond donors (Lipinski definition) is 2. The first-order valence-corrected chi connectivity index (χ1v) is 6.05. The third-order valence-electron chi connectivity index (χ3n) is 1.39. The van der Waals surface area contributed by atoms with Crippen LogP contribution in [0.5, 0.6) is 11.5 Å². The zero-order valence-electron chi connectivity index (χ0n) is 7.10. The highest BCUT2D eigenvalue weighted by Crippen LogP contribution is 2.50. The summed E-state index contributed by atoms with van der Waals surface area (Å²) in [5, 5.41) is 9.01. The first-order valence-electron chi connectivity index (χ1n) is 3.61. The van der Waals surface area contributed by atoms with E-state index in [1.165, 1.54) is 12.1 Å². The van der Waals surface area contributed by atoms with Gasteiger partial charge in [0, 0.05) is 6.07 Å². The molecule has 15 heavy (non-hydrogen) atoms. The Hall–Kier alpha value is -0.650. The molecule has 0 aliphatic heterocycles. The van der Waals surface area contributed by atoms with Crippen LogP contribution in [0.2, 0.25) is 0 Å². The van der Waals surface area contributed by atoms with Gasteiger partial charge in [0.25, 0.3) is 0 Å². The summed E-state index contributed by atoms with van der Waals surface area (Å²) in [5.41, 5.74) is 0. The molecule has 2 N–H and O–H groups in total. The largest absolute Gasteiger partial charge is 0.508 e. The monoisotopic (exact) mass is 302 g/mol. The molecule has 0 aliphatic carbocycles. The van der Waals surface area contributed by atoms with E-state index in [0.29, 0.717) is 0 Å². The van der Waals surface area contributed by atoms with Crippen molar-refractivity contribution in [1.82, 2.24) is 0 Å². The maximum absolute atomic E-state index is 12.0. The van der Waals surface area contributed by atoms with Gasteiger partial charge in [-0.15, -0.1) is 0 Å². The lowest BCUT2D eigenvalue weighted by molar-refractivity contribution is 0.188. The molecule has 1 aromatic rings. The standard InChI is InChI=1S/C7H6BrF2O4P/c8-5-2-1-4(11)3-6(5)14-15(12,13)7(9)10/h1-3,7,11H,(H,12,13). The van der Waals surface area contributed by atoms with Crippen LogP contribution in [0.4, 0.5) is 8.78 Å². The molecular formula is C7H6BrF2O4P. The van der Waals surface area contributed by atoms with Crippen LogP contribution in [0, 0.1) is 0 Å². The van der Waals surface area contributed by atoms with Gasteiger partial charge in [-0.1, -0.05) is 0 Å². The number of phenols is 1. The van der Waals surface area contributed by atoms with E-state index in [1.807, 2.05) is 0 Å². The molecule has 1 rings (SSSR count). The summed E-state index contributed by atoms with van der Waals surface area (Å²) in [6.07, 6.45) is -3.49.